The molecule has 2 unspecified atom stereocenters. The highest BCUT2D eigenvalue weighted by Gasteiger charge is 2.26. The molecule has 0 aliphatic carbocycles. The lowest BCUT2D eigenvalue weighted by Gasteiger charge is -2.33. The van der Waals surface area contributed by atoms with Crippen LogP contribution >= 0.6 is 0 Å². The molecule has 0 amide bonds. The summed E-state index contributed by atoms with van der Waals surface area (Å²) in [6.45, 7) is 6.52. The molecular formula is C11H23N3O. The molecule has 2 rings (SSSR count). The Labute approximate surface area is 92.4 Å². The number of likely N-dealkylation sites (N-methyl/N-ethyl adjacent to an activating group) is 1. The van der Waals surface area contributed by atoms with E-state index in [0.717, 1.165) is 13.0 Å². The summed E-state index contributed by atoms with van der Waals surface area (Å²) < 4.78 is 5.86. The van der Waals surface area contributed by atoms with E-state index >= 15 is 0 Å². The van der Waals surface area contributed by atoms with Crippen LogP contribution < -0.4 is 5.73 Å². The number of hydrogen-bond acceptors (Lipinski definition) is 4. The van der Waals surface area contributed by atoms with E-state index in [9.17, 15) is 0 Å². The Morgan fingerprint density at radius 2 is 1.80 bits per heavy atom. The molecule has 15 heavy (non-hydrogen) atoms. The fourth-order valence-corrected chi connectivity index (χ4v) is 2.41. The average molecular weight is 213 g/mol. The SMILES string of the molecule is CN1CCN(CC2CCC(CN)O2)CC1. The van der Waals surface area contributed by atoms with E-state index in [1.807, 2.05) is 0 Å². The molecule has 0 spiro atoms. The van der Waals surface area contributed by atoms with Gasteiger partial charge in [-0.1, -0.05) is 0 Å². The topological polar surface area (TPSA) is 41.7 Å². The van der Waals surface area contributed by atoms with Gasteiger partial charge in [0.2, 0.25) is 0 Å². The van der Waals surface area contributed by atoms with Crippen molar-refractivity contribution in [3.05, 3.63) is 0 Å². The standard InChI is InChI=1S/C11H23N3O/c1-13-4-6-14(7-5-13)9-11-3-2-10(8-12)15-11/h10-11H,2-9,12H2,1H3. The van der Waals surface area contributed by atoms with Crippen LogP contribution in [0.5, 0.6) is 0 Å². The Morgan fingerprint density at radius 3 is 2.40 bits per heavy atom. The Kier molecular flexibility index (Phi) is 3.97. The van der Waals surface area contributed by atoms with Gasteiger partial charge in [0.15, 0.2) is 0 Å². The molecule has 2 atom stereocenters. The van der Waals surface area contributed by atoms with Crippen LogP contribution in [0.3, 0.4) is 0 Å². The molecule has 2 aliphatic rings. The zero-order chi connectivity index (χ0) is 10.7. The zero-order valence-corrected chi connectivity index (χ0v) is 9.69. The Hall–Kier alpha value is -0.160. The van der Waals surface area contributed by atoms with Crippen LogP contribution in [0.15, 0.2) is 0 Å². The molecule has 2 saturated heterocycles. The molecular weight excluding hydrogens is 190 g/mol. The molecule has 2 fully saturated rings. The summed E-state index contributed by atoms with van der Waals surface area (Å²) in [6.07, 6.45) is 3.09. The van der Waals surface area contributed by atoms with E-state index in [4.69, 9.17) is 10.5 Å². The third-order valence-corrected chi connectivity index (χ3v) is 3.52. The van der Waals surface area contributed by atoms with Gasteiger partial charge in [0.1, 0.15) is 0 Å². The predicted molar refractivity (Wildman–Crippen MR) is 60.9 cm³/mol. The molecule has 0 saturated carbocycles. The second kappa shape index (κ2) is 5.25. The molecule has 2 N–H and O–H groups in total. The zero-order valence-electron chi connectivity index (χ0n) is 9.69. The van der Waals surface area contributed by atoms with E-state index in [1.165, 1.54) is 32.6 Å². The van der Waals surface area contributed by atoms with Crippen LogP contribution in [0, 0.1) is 0 Å². The van der Waals surface area contributed by atoms with Crippen molar-refractivity contribution in [2.75, 3.05) is 46.3 Å². The second-order valence-electron chi connectivity index (χ2n) is 4.80. The van der Waals surface area contributed by atoms with Gasteiger partial charge in [0.05, 0.1) is 12.2 Å². The van der Waals surface area contributed by atoms with E-state index in [0.29, 0.717) is 18.8 Å². The minimum absolute atomic E-state index is 0.322. The summed E-state index contributed by atoms with van der Waals surface area (Å²) in [5, 5.41) is 0. The van der Waals surface area contributed by atoms with Crippen molar-refractivity contribution in [3.63, 3.8) is 0 Å². The van der Waals surface area contributed by atoms with Crippen molar-refractivity contribution < 1.29 is 4.74 Å². The van der Waals surface area contributed by atoms with Crippen molar-refractivity contribution in [1.29, 1.82) is 0 Å². The van der Waals surface area contributed by atoms with E-state index in [-0.39, 0.29) is 0 Å². The molecule has 4 nitrogen and oxygen atoms in total. The summed E-state index contributed by atoms with van der Waals surface area (Å²) in [5.74, 6) is 0. The predicted octanol–water partition coefficient (Wildman–Crippen LogP) is -0.260. The summed E-state index contributed by atoms with van der Waals surface area (Å²) in [4.78, 5) is 4.90. The van der Waals surface area contributed by atoms with Crippen LogP contribution in [0.2, 0.25) is 0 Å². The molecule has 4 heteroatoms. The maximum Gasteiger partial charge on any atom is 0.0707 e. The molecule has 2 aliphatic heterocycles. The lowest BCUT2D eigenvalue weighted by Crippen LogP contribution is -2.47. The van der Waals surface area contributed by atoms with Crippen LogP contribution in [-0.4, -0.2) is 68.3 Å². The third kappa shape index (κ3) is 3.14. The summed E-state index contributed by atoms with van der Waals surface area (Å²) in [6, 6.07) is 0. The first-order valence-electron chi connectivity index (χ1n) is 6.04. The highest BCUT2D eigenvalue weighted by atomic mass is 16.5. The van der Waals surface area contributed by atoms with Gasteiger partial charge in [-0.05, 0) is 19.9 Å². The number of ether oxygens (including phenoxy) is 1. The van der Waals surface area contributed by atoms with Crippen molar-refractivity contribution >= 4 is 0 Å². The Morgan fingerprint density at radius 1 is 1.13 bits per heavy atom. The summed E-state index contributed by atoms with van der Waals surface area (Å²) in [7, 11) is 2.19. The largest absolute Gasteiger partial charge is 0.372 e. The number of nitrogens with zero attached hydrogens (tertiary/aromatic N) is 2. The van der Waals surface area contributed by atoms with Gasteiger partial charge < -0.3 is 15.4 Å². The first-order chi connectivity index (χ1) is 7.28. The first kappa shape index (κ1) is 11.3. The first-order valence-corrected chi connectivity index (χ1v) is 6.04. The molecule has 2 heterocycles. The minimum atomic E-state index is 0.322. The number of piperazine rings is 1. The molecule has 0 radical (unpaired) electrons. The van der Waals surface area contributed by atoms with E-state index in [2.05, 4.69) is 16.8 Å². The van der Waals surface area contributed by atoms with Gasteiger partial charge in [-0.25, -0.2) is 0 Å². The van der Waals surface area contributed by atoms with Crippen LogP contribution in [0.4, 0.5) is 0 Å². The van der Waals surface area contributed by atoms with Crippen LogP contribution in [0.1, 0.15) is 12.8 Å². The molecule has 0 aromatic heterocycles. The van der Waals surface area contributed by atoms with Gasteiger partial charge in [-0.3, -0.25) is 4.90 Å². The summed E-state index contributed by atoms with van der Waals surface area (Å²) in [5.41, 5.74) is 5.60. The summed E-state index contributed by atoms with van der Waals surface area (Å²) >= 11 is 0. The number of rotatable bonds is 3. The van der Waals surface area contributed by atoms with Crippen molar-refractivity contribution in [2.24, 2.45) is 5.73 Å². The third-order valence-electron chi connectivity index (χ3n) is 3.52. The maximum atomic E-state index is 5.86. The quantitative estimate of drug-likeness (QED) is 0.701. The fraction of sp³-hybridized carbons (Fsp3) is 1.00. The van der Waals surface area contributed by atoms with Gasteiger partial charge in [0, 0.05) is 39.3 Å². The lowest BCUT2D eigenvalue weighted by molar-refractivity contribution is 0.0178. The van der Waals surface area contributed by atoms with Crippen molar-refractivity contribution in [3.8, 4) is 0 Å². The second-order valence-corrected chi connectivity index (χ2v) is 4.80. The van der Waals surface area contributed by atoms with Gasteiger partial charge in [-0.2, -0.15) is 0 Å². The van der Waals surface area contributed by atoms with Gasteiger partial charge >= 0.3 is 0 Å². The van der Waals surface area contributed by atoms with Crippen LogP contribution in [0.25, 0.3) is 0 Å². The highest BCUT2D eigenvalue weighted by Crippen LogP contribution is 2.20. The Balaban J connectivity index is 1.69. The Bertz CT molecular complexity index is 192. The monoisotopic (exact) mass is 213 g/mol. The number of nitrogens with two attached hydrogens (primary N) is 1. The minimum Gasteiger partial charge on any atom is -0.372 e. The normalized spacial score (nSPS) is 34.8. The van der Waals surface area contributed by atoms with Crippen LogP contribution in [-0.2, 0) is 4.74 Å². The average Bonchev–Trinajstić information content (AvgIpc) is 2.69. The van der Waals surface area contributed by atoms with E-state index < -0.39 is 0 Å². The smallest absolute Gasteiger partial charge is 0.0707 e. The van der Waals surface area contributed by atoms with E-state index in [1.54, 1.807) is 0 Å². The number of hydrogen-bond donors (Lipinski definition) is 1. The van der Waals surface area contributed by atoms with Crippen molar-refractivity contribution in [1.82, 2.24) is 9.80 Å². The molecule has 88 valence electrons. The fourth-order valence-electron chi connectivity index (χ4n) is 2.41. The maximum absolute atomic E-state index is 5.86. The lowest BCUT2D eigenvalue weighted by atomic mass is 10.2. The molecule has 0 aromatic rings. The van der Waals surface area contributed by atoms with Gasteiger partial charge in [-0.15, -0.1) is 0 Å². The molecule has 0 bridgehead atoms. The van der Waals surface area contributed by atoms with Gasteiger partial charge in [0.25, 0.3) is 0 Å². The highest BCUT2D eigenvalue weighted by molar-refractivity contribution is 4.79. The molecule has 0 aromatic carbocycles. The van der Waals surface area contributed by atoms with Crippen molar-refractivity contribution in [2.45, 2.75) is 25.0 Å².